The van der Waals surface area contributed by atoms with Crippen LogP contribution in [0, 0.1) is 0 Å². The van der Waals surface area contributed by atoms with Gasteiger partial charge in [-0.25, -0.2) is 8.42 Å². The van der Waals surface area contributed by atoms with E-state index >= 15 is 0 Å². The molecule has 0 aliphatic heterocycles. The van der Waals surface area contributed by atoms with Crippen molar-refractivity contribution in [2.75, 3.05) is 47.1 Å². The Hall–Kier alpha value is -2.46. The summed E-state index contributed by atoms with van der Waals surface area (Å²) in [6, 6.07) is 13.0. The molecule has 1 heterocycles. The van der Waals surface area contributed by atoms with Gasteiger partial charge in [0.25, 0.3) is 0 Å². The van der Waals surface area contributed by atoms with Gasteiger partial charge >= 0.3 is 0 Å². The smallest absolute Gasteiger partial charge is 0.238 e. The van der Waals surface area contributed by atoms with E-state index in [1.54, 1.807) is 19.1 Å². The Bertz CT molecular complexity index is 957. The van der Waals surface area contributed by atoms with Crippen molar-refractivity contribution in [1.29, 1.82) is 0 Å². The molecular weight excluding hydrogens is 430 g/mol. The number of hydrogen-bond acceptors (Lipinski definition) is 5. The second kappa shape index (κ2) is 13.2. The lowest BCUT2D eigenvalue weighted by molar-refractivity contribution is -0.132. The number of methoxy groups -OCH3 is 2. The van der Waals surface area contributed by atoms with Crippen molar-refractivity contribution in [1.82, 2.24) is 13.8 Å². The molecule has 1 aromatic heterocycles. The molecule has 0 aliphatic rings. The maximum atomic E-state index is 13.2. The summed E-state index contributed by atoms with van der Waals surface area (Å²) < 4.78 is 39.4. The summed E-state index contributed by atoms with van der Waals surface area (Å²) in [5.74, 6) is -0.280. The topological polar surface area (TPSA) is 81.1 Å². The second-order valence-electron chi connectivity index (χ2n) is 7.36. The molecule has 0 bridgehead atoms. The van der Waals surface area contributed by atoms with Crippen molar-refractivity contribution >= 4 is 22.0 Å². The van der Waals surface area contributed by atoms with Gasteiger partial charge in [0.05, 0.1) is 19.7 Å². The molecule has 0 saturated carbocycles. The number of benzene rings is 1. The molecule has 0 fully saturated rings. The van der Waals surface area contributed by atoms with Gasteiger partial charge < -0.3 is 18.9 Å². The van der Waals surface area contributed by atoms with Crippen LogP contribution in [0.5, 0.6) is 0 Å². The fourth-order valence-corrected chi connectivity index (χ4v) is 4.27. The van der Waals surface area contributed by atoms with Gasteiger partial charge in [-0.05, 0) is 30.2 Å². The van der Waals surface area contributed by atoms with E-state index in [0.717, 1.165) is 16.7 Å². The third kappa shape index (κ3) is 8.23. The quantitative estimate of drug-likeness (QED) is 0.402. The minimum Gasteiger partial charge on any atom is -0.385 e. The van der Waals surface area contributed by atoms with E-state index in [2.05, 4.69) is 0 Å². The summed E-state index contributed by atoms with van der Waals surface area (Å²) in [5, 5.41) is 1.15. The fraction of sp³-hybridized carbons (Fsp3) is 0.435. The number of nitrogens with zero attached hydrogens (tertiary/aromatic N) is 3. The first-order valence-corrected chi connectivity index (χ1v) is 12.0. The van der Waals surface area contributed by atoms with Gasteiger partial charge in [-0.1, -0.05) is 30.3 Å². The number of carbonyl (C=O) groups excluding carboxylic acids is 1. The molecule has 2 rings (SSSR count). The normalized spacial score (nSPS) is 12.0. The molecule has 8 nitrogen and oxygen atoms in total. The van der Waals surface area contributed by atoms with Gasteiger partial charge in [-0.2, -0.15) is 4.31 Å². The van der Waals surface area contributed by atoms with Gasteiger partial charge in [-0.15, -0.1) is 0 Å². The van der Waals surface area contributed by atoms with Crippen molar-refractivity contribution in [3.63, 3.8) is 0 Å². The lowest BCUT2D eigenvalue weighted by atomic mass is 10.2. The van der Waals surface area contributed by atoms with Gasteiger partial charge in [0.15, 0.2) is 0 Å². The van der Waals surface area contributed by atoms with Crippen LogP contribution < -0.4 is 0 Å². The fourth-order valence-electron chi connectivity index (χ4n) is 3.10. The maximum absolute atomic E-state index is 13.2. The molecule has 32 heavy (non-hydrogen) atoms. The standard InChI is InChI=1S/C23H33N3O5S/c1-24-13-7-11-22(24)19-25(15-17-31-3)23(27)20-26(14-8-16-30-2)32(28,29)18-12-21-9-5-4-6-10-21/h4-7,9-13,18H,8,14-17,19-20H2,1-3H3. The summed E-state index contributed by atoms with van der Waals surface area (Å²) >= 11 is 0. The van der Waals surface area contributed by atoms with Gasteiger partial charge in [-0.3, -0.25) is 4.79 Å². The SMILES string of the molecule is COCCCN(CC(=O)N(CCOC)Cc1cccn1C)S(=O)(=O)C=Cc1ccccc1. The van der Waals surface area contributed by atoms with Crippen molar-refractivity contribution in [3.8, 4) is 0 Å². The van der Waals surface area contributed by atoms with E-state index in [9.17, 15) is 13.2 Å². The van der Waals surface area contributed by atoms with Crippen LogP contribution in [0.4, 0.5) is 0 Å². The first-order valence-electron chi connectivity index (χ1n) is 10.5. The van der Waals surface area contributed by atoms with Crippen LogP contribution in [0.15, 0.2) is 54.1 Å². The van der Waals surface area contributed by atoms with Crippen LogP contribution in [0.1, 0.15) is 17.7 Å². The number of amides is 1. The second-order valence-corrected chi connectivity index (χ2v) is 9.18. The Morgan fingerprint density at radius 1 is 1.03 bits per heavy atom. The van der Waals surface area contributed by atoms with Crippen LogP contribution in [0.25, 0.3) is 6.08 Å². The lowest BCUT2D eigenvalue weighted by Crippen LogP contribution is -2.43. The summed E-state index contributed by atoms with van der Waals surface area (Å²) in [4.78, 5) is 14.8. The Kier molecular flexibility index (Phi) is 10.6. The highest BCUT2D eigenvalue weighted by Gasteiger charge is 2.25. The van der Waals surface area contributed by atoms with Crippen LogP contribution in [0.2, 0.25) is 0 Å². The van der Waals surface area contributed by atoms with Crippen molar-refractivity contribution in [2.24, 2.45) is 7.05 Å². The molecule has 0 radical (unpaired) electrons. The molecule has 0 spiro atoms. The minimum atomic E-state index is -3.81. The van der Waals surface area contributed by atoms with E-state index in [0.29, 0.717) is 32.7 Å². The Morgan fingerprint density at radius 3 is 2.38 bits per heavy atom. The molecule has 176 valence electrons. The van der Waals surface area contributed by atoms with Gasteiger partial charge in [0.1, 0.15) is 0 Å². The molecule has 2 aromatic rings. The van der Waals surface area contributed by atoms with Crippen LogP contribution >= 0.6 is 0 Å². The first-order chi connectivity index (χ1) is 15.4. The molecule has 0 aliphatic carbocycles. The Balaban J connectivity index is 2.18. The van der Waals surface area contributed by atoms with Crippen molar-refractivity contribution in [2.45, 2.75) is 13.0 Å². The van der Waals surface area contributed by atoms with Crippen LogP contribution in [-0.2, 0) is 37.9 Å². The first kappa shape index (κ1) is 25.8. The number of aryl methyl sites for hydroxylation is 1. The predicted octanol–water partition coefficient (Wildman–Crippen LogP) is 2.34. The molecular formula is C23H33N3O5S. The zero-order valence-corrected chi connectivity index (χ0v) is 19.8. The van der Waals surface area contributed by atoms with E-state index in [1.165, 1.54) is 10.4 Å². The maximum Gasteiger partial charge on any atom is 0.238 e. The molecule has 1 amide bonds. The average molecular weight is 464 g/mol. The summed E-state index contributed by atoms with van der Waals surface area (Å²) in [7, 11) is 1.23. The van der Waals surface area contributed by atoms with Crippen LogP contribution in [-0.4, -0.2) is 75.2 Å². The number of carbonyl (C=O) groups is 1. The monoisotopic (exact) mass is 463 g/mol. The summed E-state index contributed by atoms with van der Waals surface area (Å²) in [6.45, 7) is 1.44. The highest BCUT2D eigenvalue weighted by Crippen LogP contribution is 2.12. The molecule has 0 atom stereocenters. The minimum absolute atomic E-state index is 0.184. The Labute approximate surface area is 191 Å². The summed E-state index contributed by atoms with van der Waals surface area (Å²) in [5.41, 5.74) is 1.72. The lowest BCUT2D eigenvalue weighted by Gasteiger charge is -2.26. The van der Waals surface area contributed by atoms with E-state index in [4.69, 9.17) is 9.47 Å². The zero-order valence-electron chi connectivity index (χ0n) is 19.0. The van der Waals surface area contributed by atoms with Crippen molar-refractivity contribution in [3.05, 3.63) is 65.3 Å². The van der Waals surface area contributed by atoms with Crippen LogP contribution in [0.3, 0.4) is 0 Å². The van der Waals surface area contributed by atoms with E-state index in [-0.39, 0.29) is 19.0 Å². The highest BCUT2D eigenvalue weighted by atomic mass is 32.2. The Morgan fingerprint density at radius 2 is 1.75 bits per heavy atom. The number of aromatic nitrogens is 1. The number of sulfonamides is 1. The predicted molar refractivity (Wildman–Crippen MR) is 125 cm³/mol. The number of rotatable bonds is 14. The molecule has 0 unspecified atom stereocenters. The van der Waals surface area contributed by atoms with E-state index in [1.807, 2.05) is 60.3 Å². The largest absolute Gasteiger partial charge is 0.385 e. The average Bonchev–Trinajstić information content (AvgIpc) is 3.19. The number of hydrogen-bond donors (Lipinski definition) is 0. The van der Waals surface area contributed by atoms with Crippen molar-refractivity contribution < 1.29 is 22.7 Å². The van der Waals surface area contributed by atoms with Gasteiger partial charge in [0.2, 0.25) is 15.9 Å². The summed E-state index contributed by atoms with van der Waals surface area (Å²) in [6.07, 6.45) is 3.93. The zero-order chi connectivity index (χ0) is 23.4. The molecule has 9 heteroatoms. The van der Waals surface area contributed by atoms with E-state index < -0.39 is 10.0 Å². The van der Waals surface area contributed by atoms with Gasteiger partial charge in [0, 0.05) is 58.3 Å². The third-order valence-corrected chi connectivity index (χ3v) is 6.49. The highest BCUT2D eigenvalue weighted by molar-refractivity contribution is 7.92. The molecule has 1 aromatic carbocycles. The number of ether oxygens (including phenoxy) is 2. The molecule has 0 N–H and O–H groups in total. The molecule has 0 saturated heterocycles. The third-order valence-electron chi connectivity index (χ3n) is 4.98.